The Bertz CT molecular complexity index is 1160. The van der Waals surface area contributed by atoms with Gasteiger partial charge in [-0.2, -0.15) is 0 Å². The normalized spacial score (nSPS) is 10.8. The van der Waals surface area contributed by atoms with Crippen LogP contribution in [-0.2, 0) is 6.54 Å². The van der Waals surface area contributed by atoms with E-state index >= 15 is 0 Å². The molecule has 158 valence electrons. The molecule has 0 fully saturated rings. The maximum atomic E-state index is 5.94. The fourth-order valence-corrected chi connectivity index (χ4v) is 3.49. The highest BCUT2D eigenvalue weighted by atomic mass is 16.5. The molecule has 0 amide bonds. The summed E-state index contributed by atoms with van der Waals surface area (Å²) in [5.41, 5.74) is 5.18. The second-order valence-electron chi connectivity index (χ2n) is 7.36. The number of hydrogen-bond donors (Lipinski definition) is 2. The van der Waals surface area contributed by atoms with Crippen molar-refractivity contribution in [3.8, 4) is 11.5 Å². The Hall–Kier alpha value is -3.57. The van der Waals surface area contributed by atoms with Gasteiger partial charge in [0.05, 0.1) is 12.6 Å². The van der Waals surface area contributed by atoms with Gasteiger partial charge in [-0.1, -0.05) is 36.4 Å². The number of rotatable bonds is 9. The zero-order valence-corrected chi connectivity index (χ0v) is 17.9. The lowest BCUT2D eigenvalue weighted by atomic mass is 10.1. The monoisotopic (exact) mass is 413 g/mol. The Kier molecular flexibility index (Phi) is 6.65. The molecule has 0 aliphatic heterocycles. The number of benzene rings is 3. The van der Waals surface area contributed by atoms with Crippen molar-refractivity contribution < 1.29 is 9.47 Å². The number of ether oxygens (including phenoxy) is 2. The Morgan fingerprint density at radius 1 is 0.871 bits per heavy atom. The molecule has 1 heterocycles. The molecule has 4 rings (SSSR count). The van der Waals surface area contributed by atoms with Gasteiger partial charge in [-0.25, -0.2) is 0 Å². The first kappa shape index (κ1) is 20.7. The number of fused-ring (bicyclic) bond motifs is 1. The SMILES string of the molecule is COc1cccc(CNCCOc2cccc(Nc3cc(C)nc4ccccc34)c2)c1. The summed E-state index contributed by atoms with van der Waals surface area (Å²) in [6.07, 6.45) is 0. The average molecular weight is 414 g/mol. The highest BCUT2D eigenvalue weighted by Gasteiger charge is 2.05. The largest absolute Gasteiger partial charge is 0.497 e. The second kappa shape index (κ2) is 9.96. The van der Waals surface area contributed by atoms with Crippen molar-refractivity contribution in [3.05, 3.63) is 90.1 Å². The molecule has 0 aliphatic rings. The van der Waals surface area contributed by atoms with Crippen molar-refractivity contribution in [1.82, 2.24) is 10.3 Å². The minimum absolute atomic E-state index is 0.588. The number of aryl methyl sites for hydroxylation is 1. The molecule has 2 N–H and O–H groups in total. The van der Waals surface area contributed by atoms with E-state index in [4.69, 9.17) is 9.47 Å². The van der Waals surface area contributed by atoms with Crippen molar-refractivity contribution in [3.63, 3.8) is 0 Å². The Morgan fingerprint density at radius 3 is 2.61 bits per heavy atom. The number of aromatic nitrogens is 1. The van der Waals surface area contributed by atoms with Crippen LogP contribution in [0.4, 0.5) is 11.4 Å². The predicted octanol–water partition coefficient (Wildman–Crippen LogP) is 5.46. The van der Waals surface area contributed by atoms with Gasteiger partial charge in [0.2, 0.25) is 0 Å². The maximum Gasteiger partial charge on any atom is 0.121 e. The molecule has 0 spiro atoms. The lowest BCUT2D eigenvalue weighted by Crippen LogP contribution is -2.20. The van der Waals surface area contributed by atoms with E-state index in [1.54, 1.807) is 7.11 Å². The summed E-state index contributed by atoms with van der Waals surface area (Å²) in [5.74, 6) is 1.71. The number of pyridine rings is 1. The van der Waals surface area contributed by atoms with Crippen LogP contribution in [0, 0.1) is 6.92 Å². The lowest BCUT2D eigenvalue weighted by Gasteiger charge is -2.13. The van der Waals surface area contributed by atoms with Gasteiger partial charge in [0.25, 0.3) is 0 Å². The third-order valence-electron chi connectivity index (χ3n) is 4.97. The summed E-state index contributed by atoms with van der Waals surface area (Å²) < 4.78 is 11.2. The zero-order chi connectivity index (χ0) is 21.5. The maximum absolute atomic E-state index is 5.94. The van der Waals surface area contributed by atoms with Gasteiger partial charge in [-0.3, -0.25) is 4.98 Å². The van der Waals surface area contributed by atoms with Gasteiger partial charge in [0.1, 0.15) is 18.1 Å². The van der Waals surface area contributed by atoms with E-state index in [9.17, 15) is 0 Å². The van der Waals surface area contributed by atoms with E-state index in [0.29, 0.717) is 6.61 Å². The molecule has 4 aromatic rings. The van der Waals surface area contributed by atoms with E-state index in [2.05, 4.69) is 33.8 Å². The van der Waals surface area contributed by atoms with Gasteiger partial charge in [0, 0.05) is 41.6 Å². The minimum Gasteiger partial charge on any atom is -0.497 e. The van der Waals surface area contributed by atoms with Crippen molar-refractivity contribution in [2.75, 3.05) is 25.6 Å². The van der Waals surface area contributed by atoms with E-state index in [1.807, 2.05) is 67.6 Å². The van der Waals surface area contributed by atoms with Crippen LogP contribution < -0.4 is 20.1 Å². The smallest absolute Gasteiger partial charge is 0.121 e. The first-order chi connectivity index (χ1) is 15.2. The number of nitrogens with one attached hydrogen (secondary N) is 2. The summed E-state index contributed by atoms with van der Waals surface area (Å²) >= 11 is 0. The number of hydrogen-bond acceptors (Lipinski definition) is 5. The molecule has 31 heavy (non-hydrogen) atoms. The van der Waals surface area contributed by atoms with Gasteiger partial charge in [-0.15, -0.1) is 0 Å². The fourth-order valence-electron chi connectivity index (χ4n) is 3.49. The lowest BCUT2D eigenvalue weighted by molar-refractivity contribution is 0.314. The Balaban J connectivity index is 1.33. The van der Waals surface area contributed by atoms with Crippen LogP contribution in [0.3, 0.4) is 0 Å². The van der Waals surface area contributed by atoms with Crippen molar-refractivity contribution in [2.45, 2.75) is 13.5 Å². The third-order valence-corrected chi connectivity index (χ3v) is 4.97. The number of methoxy groups -OCH3 is 1. The van der Waals surface area contributed by atoms with Gasteiger partial charge in [-0.05, 0) is 48.9 Å². The number of anilines is 2. The highest BCUT2D eigenvalue weighted by molar-refractivity contribution is 5.93. The minimum atomic E-state index is 0.588. The van der Waals surface area contributed by atoms with Crippen LogP contribution in [-0.4, -0.2) is 25.2 Å². The van der Waals surface area contributed by atoms with E-state index in [0.717, 1.165) is 52.6 Å². The molecular formula is C26H27N3O2. The first-order valence-electron chi connectivity index (χ1n) is 10.4. The molecule has 0 saturated heterocycles. The molecule has 0 aliphatic carbocycles. The number of nitrogens with zero attached hydrogens (tertiary/aromatic N) is 1. The Morgan fingerprint density at radius 2 is 1.71 bits per heavy atom. The van der Waals surface area contributed by atoms with Crippen LogP contribution in [0.1, 0.15) is 11.3 Å². The zero-order valence-electron chi connectivity index (χ0n) is 17.9. The second-order valence-corrected chi connectivity index (χ2v) is 7.36. The molecule has 0 saturated carbocycles. The molecular weight excluding hydrogens is 386 g/mol. The molecule has 5 heteroatoms. The molecule has 0 bridgehead atoms. The van der Waals surface area contributed by atoms with E-state index < -0.39 is 0 Å². The first-order valence-corrected chi connectivity index (χ1v) is 10.4. The quantitative estimate of drug-likeness (QED) is 0.357. The van der Waals surface area contributed by atoms with Gasteiger partial charge >= 0.3 is 0 Å². The van der Waals surface area contributed by atoms with Crippen molar-refractivity contribution >= 4 is 22.3 Å². The number of para-hydroxylation sites is 1. The summed E-state index contributed by atoms with van der Waals surface area (Å²) in [6, 6.07) is 26.3. The van der Waals surface area contributed by atoms with Crippen LogP contribution >= 0.6 is 0 Å². The fraction of sp³-hybridized carbons (Fsp3) is 0.192. The molecule has 0 unspecified atom stereocenters. The Labute approximate surface area is 183 Å². The third kappa shape index (κ3) is 5.53. The standard InChI is InChI=1S/C26H27N3O2/c1-19-15-26(24-11-3-4-12-25(24)28-19)29-21-8-6-10-23(17-21)31-14-13-27-18-20-7-5-9-22(16-20)30-2/h3-12,15-17,27H,13-14,18H2,1-2H3,(H,28,29). The topological polar surface area (TPSA) is 55.4 Å². The predicted molar refractivity (Wildman–Crippen MR) is 126 cm³/mol. The molecule has 1 aromatic heterocycles. The van der Waals surface area contributed by atoms with Gasteiger partial charge in [0.15, 0.2) is 0 Å². The van der Waals surface area contributed by atoms with Gasteiger partial charge < -0.3 is 20.1 Å². The van der Waals surface area contributed by atoms with E-state index in [1.165, 1.54) is 5.56 Å². The molecule has 0 atom stereocenters. The average Bonchev–Trinajstić information content (AvgIpc) is 2.79. The highest BCUT2D eigenvalue weighted by Crippen LogP contribution is 2.28. The summed E-state index contributed by atoms with van der Waals surface area (Å²) in [7, 11) is 1.68. The molecule has 3 aromatic carbocycles. The summed E-state index contributed by atoms with van der Waals surface area (Å²) in [5, 5.41) is 8.01. The van der Waals surface area contributed by atoms with Crippen LogP contribution in [0.25, 0.3) is 10.9 Å². The summed E-state index contributed by atoms with van der Waals surface area (Å²) in [4.78, 5) is 4.61. The van der Waals surface area contributed by atoms with Crippen molar-refractivity contribution in [1.29, 1.82) is 0 Å². The van der Waals surface area contributed by atoms with Crippen molar-refractivity contribution in [2.24, 2.45) is 0 Å². The van der Waals surface area contributed by atoms with Crippen LogP contribution in [0.2, 0.25) is 0 Å². The summed E-state index contributed by atoms with van der Waals surface area (Å²) in [6.45, 7) is 4.13. The molecule has 0 radical (unpaired) electrons. The molecule has 5 nitrogen and oxygen atoms in total. The van der Waals surface area contributed by atoms with E-state index in [-0.39, 0.29) is 0 Å². The van der Waals surface area contributed by atoms with Crippen LogP contribution in [0.5, 0.6) is 11.5 Å². The van der Waals surface area contributed by atoms with Crippen LogP contribution in [0.15, 0.2) is 78.9 Å².